The Morgan fingerprint density at radius 3 is 2.70 bits per heavy atom. The van der Waals surface area contributed by atoms with Crippen LogP contribution in [0.3, 0.4) is 0 Å². The number of likely N-dealkylation sites (N-methyl/N-ethyl adjacent to an activating group) is 1. The number of fused-ring (bicyclic) bond motifs is 2. The molecule has 1 amide bonds. The normalized spacial score (nSPS) is 25.4. The van der Waals surface area contributed by atoms with Crippen molar-refractivity contribution in [3.8, 4) is 0 Å². The Labute approximate surface area is 169 Å². The van der Waals surface area contributed by atoms with Crippen molar-refractivity contribution in [3.05, 3.63) is 34.3 Å². The summed E-state index contributed by atoms with van der Waals surface area (Å²) in [6.07, 6.45) is 9.05. The zero-order chi connectivity index (χ0) is 18.6. The van der Waals surface area contributed by atoms with Crippen LogP contribution in [0.4, 0.5) is 0 Å². The van der Waals surface area contributed by atoms with E-state index in [2.05, 4.69) is 10.6 Å². The van der Waals surface area contributed by atoms with E-state index in [1.807, 2.05) is 19.2 Å². The van der Waals surface area contributed by atoms with Crippen LogP contribution >= 0.6 is 11.6 Å². The van der Waals surface area contributed by atoms with E-state index in [0.29, 0.717) is 29.0 Å². The molecule has 0 unspecified atom stereocenters. The Kier molecular flexibility index (Phi) is 8.14. The number of halogens is 1. The average molecular weight is 395 g/mol. The maximum atomic E-state index is 12.8. The van der Waals surface area contributed by atoms with E-state index < -0.39 is 6.10 Å². The van der Waals surface area contributed by atoms with Gasteiger partial charge in [-0.2, -0.15) is 0 Å². The van der Waals surface area contributed by atoms with Gasteiger partial charge in [-0.1, -0.05) is 50.8 Å². The molecule has 3 N–H and O–H groups in total. The van der Waals surface area contributed by atoms with Crippen molar-refractivity contribution in [1.82, 2.24) is 10.6 Å². The molecule has 2 saturated carbocycles. The Bertz CT molecular complexity index is 625. The van der Waals surface area contributed by atoms with Gasteiger partial charge in [-0.25, -0.2) is 0 Å². The first-order chi connectivity index (χ1) is 12.5. The number of hydrogen-bond acceptors (Lipinski definition) is 3. The number of hydrogen-bond donors (Lipinski definition) is 3. The summed E-state index contributed by atoms with van der Waals surface area (Å²) >= 11 is 6.28. The van der Waals surface area contributed by atoms with Crippen molar-refractivity contribution in [3.63, 3.8) is 0 Å². The van der Waals surface area contributed by atoms with Gasteiger partial charge in [0, 0.05) is 13.1 Å². The summed E-state index contributed by atoms with van der Waals surface area (Å²) in [6, 6.07) is 5.45. The van der Waals surface area contributed by atoms with Crippen molar-refractivity contribution in [2.24, 2.45) is 11.3 Å². The summed E-state index contributed by atoms with van der Waals surface area (Å²) in [5, 5.41) is 16.6. The van der Waals surface area contributed by atoms with E-state index in [1.54, 1.807) is 6.07 Å². The molecule has 27 heavy (non-hydrogen) atoms. The van der Waals surface area contributed by atoms with Crippen molar-refractivity contribution in [2.45, 2.75) is 64.9 Å². The van der Waals surface area contributed by atoms with Gasteiger partial charge in [-0.05, 0) is 61.8 Å². The van der Waals surface area contributed by atoms with Crippen molar-refractivity contribution in [1.29, 1.82) is 0 Å². The third-order valence-corrected chi connectivity index (χ3v) is 6.50. The lowest BCUT2D eigenvalue weighted by molar-refractivity contribution is 0.0681. The lowest BCUT2D eigenvalue weighted by Gasteiger charge is -2.45. The van der Waals surface area contributed by atoms with Crippen molar-refractivity contribution >= 4 is 17.5 Å². The zero-order valence-electron chi connectivity index (χ0n) is 15.7. The Morgan fingerprint density at radius 2 is 2.04 bits per heavy atom. The minimum atomic E-state index is -0.475. The molecule has 2 bridgehead atoms. The molecule has 4 nitrogen and oxygen atoms in total. The molecule has 0 saturated heterocycles. The predicted molar refractivity (Wildman–Crippen MR) is 112 cm³/mol. The number of carbonyl (C=O) groups excluding carboxylic acids is 1. The topological polar surface area (TPSA) is 61.4 Å². The number of benzene rings is 1. The SMILES string of the molecule is C.CNC[C@H](O)Cc1ccc(Cl)c(C(=O)NCC23CCCC(CCC2)C3)c1. The number of carbonyl (C=O) groups is 1. The van der Waals surface area contributed by atoms with Crippen LogP contribution in [0.15, 0.2) is 18.2 Å². The average Bonchev–Trinajstić information content (AvgIpc) is 2.62. The molecular weight excluding hydrogens is 360 g/mol. The molecule has 2 fully saturated rings. The first-order valence-electron chi connectivity index (χ1n) is 9.91. The molecule has 2 aliphatic carbocycles. The van der Waals surface area contributed by atoms with E-state index in [9.17, 15) is 9.90 Å². The highest BCUT2D eigenvalue weighted by atomic mass is 35.5. The molecule has 1 aromatic carbocycles. The fraction of sp³-hybridized carbons (Fsp3) is 0.682. The summed E-state index contributed by atoms with van der Waals surface area (Å²) in [4.78, 5) is 12.8. The van der Waals surface area contributed by atoms with Gasteiger partial charge in [0.15, 0.2) is 0 Å². The summed E-state index contributed by atoms with van der Waals surface area (Å²) in [7, 11) is 1.81. The van der Waals surface area contributed by atoms with Crippen LogP contribution in [0.2, 0.25) is 5.02 Å². The zero-order valence-corrected chi connectivity index (χ0v) is 16.4. The van der Waals surface area contributed by atoms with E-state index in [0.717, 1.165) is 18.0 Å². The molecule has 3 rings (SSSR count). The second-order valence-corrected chi connectivity index (χ2v) is 8.67. The minimum absolute atomic E-state index is 0. The minimum Gasteiger partial charge on any atom is -0.391 e. The standard InChI is InChI=1S/C21H31ClN2O2.CH4/c1-23-13-17(25)10-16-6-7-19(22)18(11-16)20(26)24-14-21-8-2-4-15(12-21)5-3-9-21;/h6-7,11,15,17,23,25H,2-5,8-10,12-14H2,1H3,(H,24,26);1H4/t15?,17-,21?;/m1./s1. The number of amides is 1. The number of nitrogens with one attached hydrogen (secondary N) is 2. The number of aliphatic hydroxyl groups excluding tert-OH is 1. The van der Waals surface area contributed by atoms with Gasteiger partial charge in [0.1, 0.15) is 0 Å². The smallest absolute Gasteiger partial charge is 0.252 e. The molecule has 0 spiro atoms. The molecule has 152 valence electrons. The van der Waals surface area contributed by atoms with Gasteiger partial charge < -0.3 is 15.7 Å². The summed E-state index contributed by atoms with van der Waals surface area (Å²) < 4.78 is 0. The van der Waals surface area contributed by atoms with Crippen LogP contribution in [0.5, 0.6) is 0 Å². The quantitative estimate of drug-likeness (QED) is 0.649. The monoisotopic (exact) mass is 394 g/mol. The second-order valence-electron chi connectivity index (χ2n) is 8.27. The van der Waals surface area contributed by atoms with E-state index in [4.69, 9.17) is 11.6 Å². The summed E-state index contributed by atoms with van der Waals surface area (Å²) in [5.74, 6) is 0.761. The fourth-order valence-corrected chi connectivity index (χ4v) is 5.09. The second kappa shape index (κ2) is 9.90. The molecule has 0 heterocycles. The van der Waals surface area contributed by atoms with Crippen LogP contribution in [0.25, 0.3) is 0 Å². The maximum absolute atomic E-state index is 12.8. The van der Waals surface area contributed by atoms with Gasteiger partial charge in [0.05, 0.1) is 16.7 Å². The molecule has 1 atom stereocenters. The Morgan fingerprint density at radius 1 is 1.33 bits per heavy atom. The van der Waals surface area contributed by atoms with Gasteiger partial charge in [0.25, 0.3) is 5.91 Å². The first kappa shape index (κ1) is 22.2. The number of aliphatic hydroxyl groups is 1. The summed E-state index contributed by atoms with van der Waals surface area (Å²) in [6.45, 7) is 1.28. The molecule has 0 aromatic heterocycles. The van der Waals surface area contributed by atoms with Gasteiger partial charge in [-0.15, -0.1) is 0 Å². The molecular formula is C22H35ClN2O2. The molecule has 1 aromatic rings. The molecule has 2 aliphatic rings. The van der Waals surface area contributed by atoms with Crippen LogP contribution in [0, 0.1) is 11.3 Å². The van der Waals surface area contributed by atoms with Gasteiger partial charge in [0.2, 0.25) is 0 Å². The lowest BCUT2D eigenvalue weighted by Crippen LogP contribution is -2.43. The van der Waals surface area contributed by atoms with Crippen molar-refractivity contribution < 1.29 is 9.90 Å². The predicted octanol–water partition coefficient (Wildman–Crippen LogP) is 4.19. The van der Waals surface area contributed by atoms with Crippen LogP contribution in [-0.2, 0) is 6.42 Å². The molecule has 0 aliphatic heterocycles. The largest absolute Gasteiger partial charge is 0.391 e. The molecule has 0 radical (unpaired) electrons. The highest BCUT2D eigenvalue weighted by molar-refractivity contribution is 6.33. The van der Waals surface area contributed by atoms with Crippen LogP contribution < -0.4 is 10.6 Å². The highest BCUT2D eigenvalue weighted by Gasteiger charge is 2.39. The third kappa shape index (κ3) is 5.69. The van der Waals surface area contributed by atoms with Crippen LogP contribution in [0.1, 0.15) is 68.3 Å². The maximum Gasteiger partial charge on any atom is 0.252 e. The van der Waals surface area contributed by atoms with E-state index in [-0.39, 0.29) is 13.3 Å². The van der Waals surface area contributed by atoms with Crippen molar-refractivity contribution in [2.75, 3.05) is 20.1 Å². The van der Waals surface area contributed by atoms with Gasteiger partial charge >= 0.3 is 0 Å². The third-order valence-electron chi connectivity index (χ3n) is 6.17. The van der Waals surface area contributed by atoms with Gasteiger partial charge in [-0.3, -0.25) is 4.79 Å². The number of rotatable bonds is 7. The Balaban J connectivity index is 0.00000261. The van der Waals surface area contributed by atoms with E-state index >= 15 is 0 Å². The van der Waals surface area contributed by atoms with E-state index in [1.165, 1.54) is 44.9 Å². The first-order valence-corrected chi connectivity index (χ1v) is 10.3. The van der Waals surface area contributed by atoms with Crippen LogP contribution in [-0.4, -0.2) is 37.3 Å². The lowest BCUT2D eigenvalue weighted by atomic mass is 9.62. The highest BCUT2D eigenvalue weighted by Crippen LogP contribution is 2.48. The molecule has 5 heteroatoms. The Hall–Kier alpha value is -1.10. The summed E-state index contributed by atoms with van der Waals surface area (Å²) in [5.41, 5.74) is 1.74. The fourth-order valence-electron chi connectivity index (χ4n) is 4.89.